The minimum Gasteiger partial charge on any atom is -0.507 e. The van der Waals surface area contributed by atoms with Crippen molar-refractivity contribution in [3.8, 4) is 23.0 Å². The third-order valence-electron chi connectivity index (χ3n) is 7.10. The van der Waals surface area contributed by atoms with Crippen LogP contribution in [0.1, 0.15) is 42.5 Å². The summed E-state index contributed by atoms with van der Waals surface area (Å²) in [7, 11) is 1.55. The van der Waals surface area contributed by atoms with Gasteiger partial charge < -0.3 is 29.0 Å². The van der Waals surface area contributed by atoms with Gasteiger partial charge in [0.05, 0.1) is 25.3 Å². The number of carbonyl (C=O) groups is 2. The van der Waals surface area contributed by atoms with E-state index in [1.165, 1.54) is 4.90 Å². The molecule has 2 heterocycles. The Balaban J connectivity index is 1.57. The first-order valence-electron chi connectivity index (χ1n) is 13.5. The highest BCUT2D eigenvalue weighted by molar-refractivity contribution is 6.46. The number of methoxy groups -OCH3 is 1. The Kier molecular flexibility index (Phi) is 8.24. The van der Waals surface area contributed by atoms with Gasteiger partial charge in [-0.2, -0.15) is 0 Å². The molecule has 40 heavy (non-hydrogen) atoms. The maximum atomic E-state index is 13.5. The summed E-state index contributed by atoms with van der Waals surface area (Å²) < 4.78 is 22.8. The van der Waals surface area contributed by atoms with Crippen LogP contribution in [0.4, 0.5) is 0 Å². The maximum absolute atomic E-state index is 13.5. The minimum absolute atomic E-state index is 0.0106. The molecule has 2 aliphatic heterocycles. The molecule has 1 amide bonds. The Morgan fingerprint density at radius 2 is 1.75 bits per heavy atom. The van der Waals surface area contributed by atoms with Gasteiger partial charge in [0.1, 0.15) is 19.0 Å². The molecule has 5 rings (SSSR count). The number of ether oxygens (including phenoxy) is 4. The van der Waals surface area contributed by atoms with Gasteiger partial charge in [-0.1, -0.05) is 49.7 Å². The number of aliphatic hydroxyl groups excluding tert-OH is 1. The van der Waals surface area contributed by atoms with Gasteiger partial charge in [-0.05, 0) is 54.3 Å². The Hall–Kier alpha value is -4.46. The van der Waals surface area contributed by atoms with Gasteiger partial charge in [0.25, 0.3) is 11.7 Å². The molecule has 0 bridgehead atoms. The van der Waals surface area contributed by atoms with Gasteiger partial charge in [0, 0.05) is 12.1 Å². The Morgan fingerprint density at radius 1 is 0.975 bits per heavy atom. The summed E-state index contributed by atoms with van der Waals surface area (Å²) in [5, 5.41) is 11.5. The van der Waals surface area contributed by atoms with E-state index in [-0.39, 0.29) is 17.9 Å². The first-order valence-corrected chi connectivity index (χ1v) is 13.5. The highest BCUT2D eigenvalue weighted by Crippen LogP contribution is 2.43. The summed E-state index contributed by atoms with van der Waals surface area (Å²) in [5.74, 6) is 0.417. The first kappa shape index (κ1) is 27.1. The third-order valence-corrected chi connectivity index (χ3v) is 7.10. The minimum atomic E-state index is -0.824. The lowest BCUT2D eigenvalue weighted by Gasteiger charge is -2.26. The van der Waals surface area contributed by atoms with Gasteiger partial charge in [-0.3, -0.25) is 9.59 Å². The predicted molar refractivity (Wildman–Crippen MR) is 150 cm³/mol. The molecule has 3 aromatic rings. The zero-order valence-corrected chi connectivity index (χ0v) is 22.7. The second-order valence-corrected chi connectivity index (χ2v) is 9.70. The van der Waals surface area contributed by atoms with E-state index >= 15 is 0 Å². The molecular weight excluding hydrogens is 510 g/mol. The van der Waals surface area contributed by atoms with E-state index in [2.05, 4.69) is 6.92 Å². The number of Topliss-reactive ketones (excluding diaryl/α,β-unsaturated/α-hetero) is 1. The SMILES string of the molecule is CCCCOc1ccc([C@H]2C(=C(O)c3ccc4c(c3)OCCO4)C(=O)C(=O)N2CCc2ccccc2)cc1OC. The molecule has 1 fully saturated rings. The number of fused-ring (bicyclic) bond motifs is 1. The fourth-order valence-corrected chi connectivity index (χ4v) is 5.00. The van der Waals surface area contributed by atoms with Gasteiger partial charge in [0.15, 0.2) is 23.0 Å². The largest absolute Gasteiger partial charge is 0.507 e. The van der Waals surface area contributed by atoms with Crippen molar-refractivity contribution >= 4 is 17.4 Å². The van der Waals surface area contributed by atoms with Crippen molar-refractivity contribution in [3.63, 3.8) is 0 Å². The molecule has 0 radical (unpaired) electrons. The second kappa shape index (κ2) is 12.2. The summed E-state index contributed by atoms with van der Waals surface area (Å²) in [4.78, 5) is 28.4. The zero-order valence-electron chi connectivity index (χ0n) is 22.7. The average Bonchev–Trinajstić information content (AvgIpc) is 3.25. The molecule has 0 saturated carbocycles. The van der Waals surface area contributed by atoms with Crippen molar-refractivity contribution in [1.29, 1.82) is 0 Å². The molecule has 0 spiro atoms. The average molecular weight is 544 g/mol. The zero-order chi connectivity index (χ0) is 28.1. The van der Waals surface area contributed by atoms with Crippen LogP contribution in [0, 0.1) is 0 Å². The molecule has 2 aliphatic rings. The van der Waals surface area contributed by atoms with Crippen LogP contribution in [0.15, 0.2) is 72.3 Å². The second-order valence-electron chi connectivity index (χ2n) is 9.70. The van der Waals surface area contributed by atoms with Gasteiger partial charge in [0.2, 0.25) is 0 Å². The number of unbranched alkanes of at least 4 members (excludes halogenated alkanes) is 1. The Morgan fingerprint density at radius 3 is 2.50 bits per heavy atom. The number of hydrogen-bond acceptors (Lipinski definition) is 7. The molecule has 1 saturated heterocycles. The number of benzene rings is 3. The van der Waals surface area contributed by atoms with Crippen LogP contribution in [-0.2, 0) is 16.0 Å². The van der Waals surface area contributed by atoms with Crippen molar-refractivity contribution in [2.45, 2.75) is 32.2 Å². The van der Waals surface area contributed by atoms with E-state index in [0.717, 1.165) is 18.4 Å². The summed E-state index contributed by atoms with van der Waals surface area (Å²) in [6, 6.07) is 19.3. The topological polar surface area (TPSA) is 94.5 Å². The maximum Gasteiger partial charge on any atom is 0.295 e. The lowest BCUT2D eigenvalue weighted by atomic mass is 9.94. The van der Waals surface area contributed by atoms with E-state index in [0.29, 0.717) is 60.4 Å². The molecule has 3 aromatic carbocycles. The van der Waals surface area contributed by atoms with Crippen LogP contribution in [0.3, 0.4) is 0 Å². The highest BCUT2D eigenvalue weighted by Gasteiger charge is 2.46. The summed E-state index contributed by atoms with van der Waals surface area (Å²) in [5.41, 5.74) is 2.04. The summed E-state index contributed by atoms with van der Waals surface area (Å²) in [6.07, 6.45) is 2.44. The van der Waals surface area contributed by atoms with Gasteiger partial charge in [-0.25, -0.2) is 0 Å². The fourth-order valence-electron chi connectivity index (χ4n) is 5.00. The van der Waals surface area contributed by atoms with Crippen LogP contribution in [0.25, 0.3) is 5.76 Å². The van der Waals surface area contributed by atoms with Crippen LogP contribution in [0.2, 0.25) is 0 Å². The van der Waals surface area contributed by atoms with E-state index in [9.17, 15) is 14.7 Å². The van der Waals surface area contributed by atoms with E-state index in [1.807, 2.05) is 36.4 Å². The first-order chi connectivity index (χ1) is 19.5. The van der Waals surface area contributed by atoms with Crippen molar-refractivity contribution in [1.82, 2.24) is 4.90 Å². The number of aliphatic hydroxyl groups is 1. The van der Waals surface area contributed by atoms with E-state index < -0.39 is 17.7 Å². The number of rotatable bonds is 10. The molecule has 0 aliphatic carbocycles. The number of nitrogens with zero attached hydrogens (tertiary/aromatic N) is 1. The lowest BCUT2D eigenvalue weighted by molar-refractivity contribution is -0.139. The molecule has 0 unspecified atom stereocenters. The standard InChI is InChI=1S/C32H33NO7/c1-3-4-16-38-24-12-10-22(19-26(24)37-2)29-28(30(34)23-11-13-25-27(20-23)40-18-17-39-25)31(35)32(36)33(29)15-14-21-8-6-5-7-9-21/h5-13,19-20,29,34H,3-4,14-18H2,1-2H3/t29-/m0/s1. The van der Waals surface area contributed by atoms with Crippen molar-refractivity contribution in [2.75, 3.05) is 33.5 Å². The molecule has 208 valence electrons. The fraction of sp³-hybridized carbons (Fsp3) is 0.312. The molecule has 1 N–H and O–H groups in total. The van der Waals surface area contributed by atoms with Crippen LogP contribution >= 0.6 is 0 Å². The number of amides is 1. The van der Waals surface area contributed by atoms with Crippen LogP contribution < -0.4 is 18.9 Å². The molecule has 1 atom stereocenters. The van der Waals surface area contributed by atoms with Crippen LogP contribution in [0.5, 0.6) is 23.0 Å². The van der Waals surface area contributed by atoms with Crippen molar-refractivity contribution in [3.05, 3.63) is 89.0 Å². The third kappa shape index (κ3) is 5.47. The lowest BCUT2D eigenvalue weighted by Crippen LogP contribution is -2.31. The van der Waals surface area contributed by atoms with Crippen LogP contribution in [-0.4, -0.2) is 55.2 Å². The molecular formula is C32H33NO7. The number of hydrogen-bond donors (Lipinski definition) is 1. The smallest absolute Gasteiger partial charge is 0.295 e. The Bertz CT molecular complexity index is 1420. The monoisotopic (exact) mass is 543 g/mol. The van der Waals surface area contributed by atoms with Gasteiger partial charge >= 0.3 is 0 Å². The number of likely N-dealkylation sites (tertiary alicyclic amines) is 1. The quantitative estimate of drug-likeness (QED) is 0.160. The van der Waals surface area contributed by atoms with E-state index in [4.69, 9.17) is 18.9 Å². The van der Waals surface area contributed by atoms with E-state index in [1.54, 1.807) is 37.4 Å². The molecule has 8 heteroatoms. The number of ketones is 1. The molecule has 0 aromatic heterocycles. The highest BCUT2D eigenvalue weighted by atomic mass is 16.6. The normalized spacial score (nSPS) is 17.6. The summed E-state index contributed by atoms with van der Waals surface area (Å²) >= 11 is 0. The molecule has 8 nitrogen and oxygen atoms in total. The Labute approximate surface area is 233 Å². The predicted octanol–water partition coefficient (Wildman–Crippen LogP) is 5.31. The van der Waals surface area contributed by atoms with Gasteiger partial charge in [-0.15, -0.1) is 0 Å². The van der Waals surface area contributed by atoms with Crippen molar-refractivity contribution in [2.24, 2.45) is 0 Å². The summed E-state index contributed by atoms with van der Waals surface area (Å²) in [6.45, 7) is 3.74. The van der Waals surface area contributed by atoms with Crippen molar-refractivity contribution < 1.29 is 33.6 Å². The number of carbonyl (C=O) groups excluding carboxylic acids is 2.